The number of hydrogen-bond donors (Lipinski definition) is 2. The Balaban J connectivity index is 2.03. The van der Waals surface area contributed by atoms with Crippen LogP contribution in [0.15, 0.2) is 4.99 Å². The third kappa shape index (κ3) is 6.67. The van der Waals surface area contributed by atoms with Gasteiger partial charge in [0.2, 0.25) is 0 Å². The summed E-state index contributed by atoms with van der Waals surface area (Å²) in [5, 5.41) is 6.84. The SMILES string of the molecule is CCC1(CNC(=NC)NCCCCCCC(=O)OC)CCC1. The van der Waals surface area contributed by atoms with Crippen molar-refractivity contribution in [3.8, 4) is 0 Å². The average Bonchev–Trinajstić information content (AvgIpc) is 2.50. The number of aliphatic imine (C=N–C) groups is 1. The van der Waals surface area contributed by atoms with Crippen molar-refractivity contribution in [2.75, 3.05) is 27.2 Å². The number of ether oxygens (including phenoxy) is 1. The lowest BCUT2D eigenvalue weighted by molar-refractivity contribution is -0.140. The number of nitrogens with one attached hydrogen (secondary N) is 2. The van der Waals surface area contributed by atoms with E-state index in [2.05, 4.69) is 27.3 Å². The predicted molar refractivity (Wildman–Crippen MR) is 91.0 cm³/mol. The number of methoxy groups -OCH3 is 1. The van der Waals surface area contributed by atoms with Gasteiger partial charge in [0.05, 0.1) is 7.11 Å². The molecule has 128 valence electrons. The number of nitrogens with zero attached hydrogens (tertiary/aromatic N) is 1. The number of hydrogen-bond acceptors (Lipinski definition) is 3. The van der Waals surface area contributed by atoms with E-state index in [0.29, 0.717) is 11.8 Å². The van der Waals surface area contributed by atoms with E-state index in [-0.39, 0.29) is 5.97 Å². The van der Waals surface area contributed by atoms with Crippen LogP contribution < -0.4 is 10.6 Å². The quantitative estimate of drug-likeness (QED) is 0.282. The smallest absolute Gasteiger partial charge is 0.305 e. The number of carbonyl (C=O) groups is 1. The Kier molecular flexibility index (Phi) is 8.94. The lowest BCUT2D eigenvalue weighted by atomic mass is 9.67. The first-order valence-electron chi connectivity index (χ1n) is 8.67. The Labute approximate surface area is 135 Å². The summed E-state index contributed by atoms with van der Waals surface area (Å²) in [5.41, 5.74) is 0.505. The van der Waals surface area contributed by atoms with E-state index in [1.165, 1.54) is 32.8 Å². The summed E-state index contributed by atoms with van der Waals surface area (Å²) in [6.07, 6.45) is 10.0. The molecule has 0 aromatic heterocycles. The highest BCUT2D eigenvalue weighted by Crippen LogP contribution is 2.42. The molecule has 0 aromatic carbocycles. The standard InChI is InChI=1S/C17H33N3O2/c1-4-17(11-9-12-17)14-20-16(18-2)19-13-8-6-5-7-10-15(21)22-3/h4-14H2,1-3H3,(H2,18,19,20). The first-order valence-corrected chi connectivity index (χ1v) is 8.67. The fourth-order valence-electron chi connectivity index (χ4n) is 2.88. The number of rotatable bonds is 10. The van der Waals surface area contributed by atoms with Crippen LogP contribution in [-0.2, 0) is 9.53 Å². The minimum Gasteiger partial charge on any atom is -0.469 e. The van der Waals surface area contributed by atoms with Gasteiger partial charge in [-0.25, -0.2) is 0 Å². The first-order chi connectivity index (χ1) is 10.7. The largest absolute Gasteiger partial charge is 0.469 e. The third-order valence-electron chi connectivity index (χ3n) is 4.85. The highest BCUT2D eigenvalue weighted by molar-refractivity contribution is 5.79. The van der Waals surface area contributed by atoms with Gasteiger partial charge in [0.25, 0.3) is 0 Å². The van der Waals surface area contributed by atoms with Gasteiger partial charge in [-0.3, -0.25) is 9.79 Å². The Morgan fingerprint density at radius 2 is 1.91 bits per heavy atom. The van der Waals surface area contributed by atoms with Crippen LogP contribution >= 0.6 is 0 Å². The molecule has 0 unspecified atom stereocenters. The van der Waals surface area contributed by atoms with Crippen molar-refractivity contribution in [1.82, 2.24) is 10.6 Å². The zero-order chi connectivity index (χ0) is 16.3. The molecule has 0 aliphatic heterocycles. The fourth-order valence-corrected chi connectivity index (χ4v) is 2.88. The van der Waals surface area contributed by atoms with E-state index in [9.17, 15) is 4.79 Å². The molecule has 0 radical (unpaired) electrons. The second-order valence-electron chi connectivity index (χ2n) is 6.30. The van der Waals surface area contributed by atoms with Crippen LogP contribution in [-0.4, -0.2) is 39.2 Å². The number of guanidine groups is 1. The molecule has 0 aromatic rings. The molecule has 1 rings (SSSR count). The number of carbonyl (C=O) groups excluding carboxylic acids is 1. The zero-order valence-electron chi connectivity index (χ0n) is 14.5. The molecule has 0 bridgehead atoms. The maximum absolute atomic E-state index is 11.0. The maximum atomic E-state index is 11.0. The molecule has 0 heterocycles. The van der Waals surface area contributed by atoms with Crippen molar-refractivity contribution in [3.63, 3.8) is 0 Å². The molecule has 2 N–H and O–H groups in total. The molecule has 1 aliphatic carbocycles. The summed E-state index contributed by atoms with van der Waals surface area (Å²) < 4.78 is 4.63. The zero-order valence-corrected chi connectivity index (χ0v) is 14.5. The summed E-state index contributed by atoms with van der Waals surface area (Å²) in [6, 6.07) is 0. The van der Waals surface area contributed by atoms with Crippen LogP contribution in [0.25, 0.3) is 0 Å². The van der Waals surface area contributed by atoms with Crippen molar-refractivity contribution < 1.29 is 9.53 Å². The van der Waals surface area contributed by atoms with Gasteiger partial charge in [-0.1, -0.05) is 26.2 Å². The molecule has 5 nitrogen and oxygen atoms in total. The molecular formula is C17H33N3O2. The second kappa shape index (κ2) is 10.5. The highest BCUT2D eigenvalue weighted by Gasteiger charge is 2.34. The van der Waals surface area contributed by atoms with E-state index in [1.807, 2.05) is 7.05 Å². The number of unbranched alkanes of at least 4 members (excludes halogenated alkanes) is 3. The number of esters is 1. The summed E-state index contributed by atoms with van der Waals surface area (Å²) in [6.45, 7) is 4.24. The summed E-state index contributed by atoms with van der Waals surface area (Å²) >= 11 is 0. The molecule has 1 saturated carbocycles. The van der Waals surface area contributed by atoms with Gasteiger partial charge in [0, 0.05) is 26.6 Å². The van der Waals surface area contributed by atoms with Gasteiger partial charge in [-0.05, 0) is 37.5 Å². The van der Waals surface area contributed by atoms with Gasteiger partial charge in [0.1, 0.15) is 0 Å². The minimum atomic E-state index is -0.108. The van der Waals surface area contributed by atoms with E-state index in [1.54, 1.807) is 0 Å². The molecular weight excluding hydrogens is 278 g/mol. The third-order valence-corrected chi connectivity index (χ3v) is 4.85. The van der Waals surface area contributed by atoms with E-state index in [4.69, 9.17) is 0 Å². The molecule has 0 saturated heterocycles. The fraction of sp³-hybridized carbons (Fsp3) is 0.882. The molecule has 0 amide bonds. The van der Waals surface area contributed by atoms with Crippen molar-refractivity contribution >= 4 is 11.9 Å². The van der Waals surface area contributed by atoms with Crippen molar-refractivity contribution in [2.45, 2.75) is 64.7 Å². The van der Waals surface area contributed by atoms with Gasteiger partial charge in [-0.2, -0.15) is 0 Å². The molecule has 1 fully saturated rings. The first kappa shape index (κ1) is 18.8. The molecule has 0 spiro atoms. The van der Waals surface area contributed by atoms with E-state index >= 15 is 0 Å². The van der Waals surface area contributed by atoms with Crippen LogP contribution in [0, 0.1) is 5.41 Å². The summed E-state index contributed by atoms with van der Waals surface area (Å²) in [4.78, 5) is 15.3. The Bertz CT molecular complexity index is 346. The normalized spacial score (nSPS) is 16.8. The lowest BCUT2D eigenvalue weighted by Gasteiger charge is -2.41. The van der Waals surface area contributed by atoms with Gasteiger partial charge >= 0.3 is 5.97 Å². The van der Waals surface area contributed by atoms with Crippen LogP contribution in [0.3, 0.4) is 0 Å². The molecule has 22 heavy (non-hydrogen) atoms. The topological polar surface area (TPSA) is 62.7 Å². The Morgan fingerprint density at radius 3 is 2.45 bits per heavy atom. The van der Waals surface area contributed by atoms with Gasteiger partial charge < -0.3 is 15.4 Å². The second-order valence-corrected chi connectivity index (χ2v) is 6.30. The van der Waals surface area contributed by atoms with Crippen molar-refractivity contribution in [2.24, 2.45) is 10.4 Å². The minimum absolute atomic E-state index is 0.108. The molecule has 5 heteroatoms. The van der Waals surface area contributed by atoms with Crippen LogP contribution in [0.1, 0.15) is 64.7 Å². The molecule has 0 atom stereocenters. The predicted octanol–water partition coefficient (Wildman–Crippen LogP) is 2.86. The monoisotopic (exact) mass is 311 g/mol. The summed E-state index contributed by atoms with van der Waals surface area (Å²) in [5.74, 6) is 0.804. The maximum Gasteiger partial charge on any atom is 0.305 e. The lowest BCUT2D eigenvalue weighted by Crippen LogP contribution is -2.46. The van der Waals surface area contributed by atoms with Gasteiger partial charge in [0.15, 0.2) is 5.96 Å². The summed E-state index contributed by atoms with van der Waals surface area (Å²) in [7, 11) is 3.27. The average molecular weight is 311 g/mol. The van der Waals surface area contributed by atoms with Crippen LogP contribution in [0.4, 0.5) is 0 Å². The Hall–Kier alpha value is -1.26. The highest BCUT2D eigenvalue weighted by atomic mass is 16.5. The van der Waals surface area contributed by atoms with Crippen LogP contribution in [0.5, 0.6) is 0 Å². The van der Waals surface area contributed by atoms with E-state index in [0.717, 1.165) is 44.7 Å². The Morgan fingerprint density at radius 1 is 1.18 bits per heavy atom. The van der Waals surface area contributed by atoms with Crippen molar-refractivity contribution in [3.05, 3.63) is 0 Å². The van der Waals surface area contributed by atoms with E-state index < -0.39 is 0 Å². The van der Waals surface area contributed by atoms with Crippen LogP contribution in [0.2, 0.25) is 0 Å². The molecule has 1 aliphatic rings. The van der Waals surface area contributed by atoms with Gasteiger partial charge in [-0.15, -0.1) is 0 Å². The van der Waals surface area contributed by atoms with Crippen molar-refractivity contribution in [1.29, 1.82) is 0 Å².